The predicted octanol–water partition coefficient (Wildman–Crippen LogP) is 0.0216. The van der Waals surface area contributed by atoms with Gasteiger partial charge in [0.05, 0.1) is 19.8 Å². The number of aliphatic hydroxyl groups excluding tert-OH is 1. The maximum atomic E-state index is 12.2. The number of aromatic amines is 1. The Kier molecular flexibility index (Phi) is 6.00. The van der Waals surface area contributed by atoms with E-state index in [2.05, 4.69) is 15.7 Å². The summed E-state index contributed by atoms with van der Waals surface area (Å²) in [6.07, 6.45) is 4.83. The van der Waals surface area contributed by atoms with Gasteiger partial charge in [0, 0.05) is 36.3 Å². The number of rotatable bonds is 6. The quantitative estimate of drug-likeness (QED) is 0.545. The smallest absolute Gasteiger partial charge is 0.259 e. The number of H-pyrrole nitrogens is 1. The number of hydrazine groups is 1. The Morgan fingerprint density at radius 2 is 2.08 bits per heavy atom. The van der Waals surface area contributed by atoms with Crippen LogP contribution in [0.2, 0.25) is 0 Å². The van der Waals surface area contributed by atoms with E-state index in [9.17, 15) is 14.7 Å². The lowest BCUT2D eigenvalue weighted by Crippen LogP contribution is -2.56. The van der Waals surface area contributed by atoms with Crippen molar-refractivity contribution in [1.82, 2.24) is 20.7 Å². The van der Waals surface area contributed by atoms with Crippen LogP contribution in [0.1, 0.15) is 5.56 Å². The molecule has 0 spiro atoms. The number of aliphatic hydroxyl groups is 1. The molecule has 138 valence electrons. The molecule has 1 aromatic heterocycles. The SMILES string of the molecule is O=C(C=Cc1c[nH]c2ccccc12)NC(CO)C(=O)NN1CCOCC1. The molecule has 1 fully saturated rings. The van der Waals surface area contributed by atoms with Crippen LogP contribution in [0.4, 0.5) is 0 Å². The van der Waals surface area contributed by atoms with E-state index >= 15 is 0 Å². The second kappa shape index (κ2) is 8.61. The summed E-state index contributed by atoms with van der Waals surface area (Å²) in [6.45, 7) is 1.72. The van der Waals surface area contributed by atoms with Crippen LogP contribution in [0, 0.1) is 0 Å². The highest BCUT2D eigenvalue weighted by atomic mass is 16.5. The van der Waals surface area contributed by atoms with Gasteiger partial charge in [-0.05, 0) is 17.7 Å². The van der Waals surface area contributed by atoms with Crippen LogP contribution in [0.15, 0.2) is 36.5 Å². The molecule has 8 nitrogen and oxygen atoms in total. The molecule has 0 radical (unpaired) electrons. The molecule has 0 aliphatic carbocycles. The number of hydrogen-bond donors (Lipinski definition) is 4. The minimum atomic E-state index is -1.02. The van der Waals surface area contributed by atoms with Gasteiger partial charge < -0.3 is 20.1 Å². The number of fused-ring (bicyclic) bond motifs is 1. The van der Waals surface area contributed by atoms with E-state index in [0.29, 0.717) is 26.3 Å². The molecular formula is C18H22N4O4. The summed E-state index contributed by atoms with van der Waals surface area (Å²) in [6, 6.07) is 6.74. The van der Waals surface area contributed by atoms with Gasteiger partial charge in [0.2, 0.25) is 5.91 Å². The predicted molar refractivity (Wildman–Crippen MR) is 96.9 cm³/mol. The topological polar surface area (TPSA) is 107 Å². The number of amides is 2. The second-order valence-corrected chi connectivity index (χ2v) is 5.94. The monoisotopic (exact) mass is 358 g/mol. The molecule has 1 saturated heterocycles. The van der Waals surface area contributed by atoms with Gasteiger partial charge in [-0.25, -0.2) is 5.01 Å². The largest absolute Gasteiger partial charge is 0.394 e. The number of para-hydroxylation sites is 1. The fraction of sp³-hybridized carbons (Fsp3) is 0.333. The standard InChI is InChI=1S/C18H22N4O4/c23-12-16(18(25)21-22-7-9-26-10-8-22)20-17(24)6-5-13-11-19-15-4-2-1-3-14(13)15/h1-6,11,16,19,23H,7-10,12H2,(H,20,24)(H,21,25). The zero-order valence-corrected chi connectivity index (χ0v) is 14.3. The molecular weight excluding hydrogens is 336 g/mol. The Hall–Kier alpha value is -2.68. The zero-order chi connectivity index (χ0) is 18.4. The van der Waals surface area contributed by atoms with Crippen LogP contribution in [0.25, 0.3) is 17.0 Å². The summed E-state index contributed by atoms with van der Waals surface area (Å²) in [5.74, 6) is -0.908. The Bertz CT molecular complexity index is 795. The molecule has 4 N–H and O–H groups in total. The van der Waals surface area contributed by atoms with Crippen molar-refractivity contribution >= 4 is 28.8 Å². The van der Waals surface area contributed by atoms with Gasteiger partial charge in [0.1, 0.15) is 6.04 Å². The minimum absolute atomic E-state index is 0.452. The van der Waals surface area contributed by atoms with Crippen molar-refractivity contribution < 1.29 is 19.4 Å². The molecule has 2 amide bonds. The number of hydrogen-bond acceptors (Lipinski definition) is 5. The number of carbonyl (C=O) groups is 2. The first-order chi connectivity index (χ1) is 12.7. The van der Waals surface area contributed by atoms with E-state index in [1.54, 1.807) is 11.1 Å². The highest BCUT2D eigenvalue weighted by Gasteiger charge is 2.22. The van der Waals surface area contributed by atoms with Gasteiger partial charge in [-0.3, -0.25) is 15.0 Å². The average molecular weight is 358 g/mol. The molecule has 1 atom stereocenters. The maximum Gasteiger partial charge on any atom is 0.259 e. The Labute approximate surface area is 150 Å². The van der Waals surface area contributed by atoms with Gasteiger partial charge in [-0.2, -0.15) is 0 Å². The fourth-order valence-electron chi connectivity index (χ4n) is 2.72. The first-order valence-electron chi connectivity index (χ1n) is 8.46. The summed E-state index contributed by atoms with van der Waals surface area (Å²) < 4.78 is 5.21. The summed E-state index contributed by atoms with van der Waals surface area (Å²) in [4.78, 5) is 27.4. The number of aromatic nitrogens is 1. The van der Waals surface area contributed by atoms with Crippen LogP contribution in [0.3, 0.4) is 0 Å². The number of nitrogens with zero attached hydrogens (tertiary/aromatic N) is 1. The molecule has 3 rings (SSSR count). The van der Waals surface area contributed by atoms with Crippen molar-refractivity contribution in [3.8, 4) is 0 Å². The van der Waals surface area contributed by atoms with Gasteiger partial charge in [0.25, 0.3) is 5.91 Å². The fourth-order valence-corrected chi connectivity index (χ4v) is 2.72. The molecule has 1 aromatic carbocycles. The van der Waals surface area contributed by atoms with Gasteiger partial charge in [0.15, 0.2) is 0 Å². The Morgan fingerprint density at radius 1 is 1.31 bits per heavy atom. The number of carbonyl (C=O) groups excluding carboxylic acids is 2. The maximum absolute atomic E-state index is 12.2. The summed E-state index contributed by atoms with van der Waals surface area (Å²) in [5.41, 5.74) is 4.53. The van der Waals surface area contributed by atoms with Crippen LogP contribution in [0.5, 0.6) is 0 Å². The average Bonchev–Trinajstić information content (AvgIpc) is 3.08. The lowest BCUT2D eigenvalue weighted by molar-refractivity contribution is -0.133. The normalized spacial score (nSPS) is 16.7. The Balaban J connectivity index is 1.57. The van der Waals surface area contributed by atoms with E-state index in [1.807, 2.05) is 30.5 Å². The molecule has 2 aromatic rings. The first-order valence-corrected chi connectivity index (χ1v) is 8.46. The van der Waals surface area contributed by atoms with Gasteiger partial charge in [-0.1, -0.05) is 18.2 Å². The summed E-state index contributed by atoms with van der Waals surface area (Å²) in [5, 5.41) is 14.6. The molecule has 1 aliphatic heterocycles. The minimum Gasteiger partial charge on any atom is -0.394 e. The van der Waals surface area contributed by atoms with E-state index < -0.39 is 24.5 Å². The summed E-state index contributed by atoms with van der Waals surface area (Å²) >= 11 is 0. The van der Waals surface area contributed by atoms with E-state index in [4.69, 9.17) is 4.74 Å². The second-order valence-electron chi connectivity index (χ2n) is 5.94. The Morgan fingerprint density at radius 3 is 2.85 bits per heavy atom. The van der Waals surface area contributed by atoms with Crippen molar-refractivity contribution in [2.24, 2.45) is 0 Å². The lowest BCUT2D eigenvalue weighted by Gasteiger charge is -2.28. The highest BCUT2D eigenvalue weighted by molar-refractivity contribution is 5.98. The molecule has 8 heteroatoms. The molecule has 26 heavy (non-hydrogen) atoms. The van der Waals surface area contributed by atoms with Crippen molar-refractivity contribution in [2.45, 2.75) is 6.04 Å². The van der Waals surface area contributed by atoms with Crippen molar-refractivity contribution in [3.05, 3.63) is 42.1 Å². The van der Waals surface area contributed by atoms with Crippen molar-refractivity contribution in [3.63, 3.8) is 0 Å². The van der Waals surface area contributed by atoms with E-state index in [0.717, 1.165) is 16.5 Å². The molecule has 1 unspecified atom stereocenters. The van der Waals surface area contributed by atoms with Gasteiger partial charge in [-0.15, -0.1) is 0 Å². The summed E-state index contributed by atoms with van der Waals surface area (Å²) in [7, 11) is 0. The number of benzene rings is 1. The lowest BCUT2D eigenvalue weighted by atomic mass is 10.1. The number of morpholine rings is 1. The zero-order valence-electron chi connectivity index (χ0n) is 14.3. The molecule has 2 heterocycles. The third-order valence-electron chi connectivity index (χ3n) is 4.13. The van der Waals surface area contributed by atoms with Crippen molar-refractivity contribution in [1.29, 1.82) is 0 Å². The highest BCUT2D eigenvalue weighted by Crippen LogP contribution is 2.18. The van der Waals surface area contributed by atoms with E-state index in [1.165, 1.54) is 6.08 Å². The molecule has 0 bridgehead atoms. The van der Waals surface area contributed by atoms with Gasteiger partial charge >= 0.3 is 0 Å². The third-order valence-corrected chi connectivity index (χ3v) is 4.13. The third kappa shape index (κ3) is 4.48. The molecule has 0 saturated carbocycles. The van der Waals surface area contributed by atoms with Crippen molar-refractivity contribution in [2.75, 3.05) is 32.9 Å². The van der Waals surface area contributed by atoms with Crippen LogP contribution >= 0.6 is 0 Å². The van der Waals surface area contributed by atoms with E-state index in [-0.39, 0.29) is 0 Å². The molecule has 1 aliphatic rings. The first kappa shape index (κ1) is 18.1. The van der Waals surface area contributed by atoms with Crippen LogP contribution in [-0.2, 0) is 14.3 Å². The van der Waals surface area contributed by atoms with Crippen LogP contribution < -0.4 is 10.7 Å². The van der Waals surface area contributed by atoms with Crippen LogP contribution in [-0.4, -0.2) is 65.9 Å². The number of ether oxygens (including phenoxy) is 1. The number of nitrogens with one attached hydrogen (secondary N) is 3.